The van der Waals surface area contributed by atoms with E-state index in [1.807, 2.05) is 0 Å². The van der Waals surface area contributed by atoms with E-state index in [4.69, 9.17) is 11.6 Å². The predicted molar refractivity (Wildman–Crippen MR) is 96.9 cm³/mol. The van der Waals surface area contributed by atoms with E-state index in [0.717, 1.165) is 31.6 Å². The minimum absolute atomic E-state index is 0.0266. The van der Waals surface area contributed by atoms with Crippen LogP contribution < -0.4 is 0 Å². The van der Waals surface area contributed by atoms with Gasteiger partial charge >= 0.3 is 24.2 Å². The first kappa shape index (κ1) is 24.1. The number of thiophene rings is 1. The SMILES string of the molecule is COC(=O)c1cc(-c2cn(C3=C(C(F)(F)F)C(C(F)(F)C(F)(F)F)=N[C@@H]3C)nn2)sc1Cl. The van der Waals surface area contributed by atoms with Crippen molar-refractivity contribution < 1.29 is 44.7 Å². The van der Waals surface area contributed by atoms with Crippen LogP contribution in [-0.2, 0) is 4.74 Å². The van der Waals surface area contributed by atoms with Gasteiger partial charge in [-0.15, -0.1) is 16.4 Å². The van der Waals surface area contributed by atoms with Gasteiger partial charge in [0.1, 0.15) is 21.3 Å². The quantitative estimate of drug-likeness (QED) is 0.417. The maximum absolute atomic E-state index is 13.8. The fraction of sp³-hybridized carbons (Fsp3) is 0.375. The van der Waals surface area contributed by atoms with E-state index >= 15 is 0 Å². The summed E-state index contributed by atoms with van der Waals surface area (Å²) in [6.45, 7) is 0.902. The molecule has 0 N–H and O–H groups in total. The zero-order valence-electron chi connectivity index (χ0n) is 15.6. The van der Waals surface area contributed by atoms with Gasteiger partial charge in [0, 0.05) is 0 Å². The highest BCUT2D eigenvalue weighted by Gasteiger charge is 2.66. The van der Waals surface area contributed by atoms with Gasteiger partial charge in [-0.3, -0.25) is 4.99 Å². The topological polar surface area (TPSA) is 69.4 Å². The Kier molecular flexibility index (Phi) is 5.87. The molecule has 174 valence electrons. The van der Waals surface area contributed by atoms with Crippen LogP contribution in [0, 0.1) is 0 Å². The average Bonchev–Trinajstić information content (AvgIpc) is 3.35. The smallest absolute Gasteiger partial charge is 0.459 e. The highest BCUT2D eigenvalue weighted by atomic mass is 35.5. The molecule has 3 heterocycles. The molecule has 0 saturated heterocycles. The molecule has 1 aliphatic heterocycles. The van der Waals surface area contributed by atoms with Crippen molar-refractivity contribution in [1.82, 2.24) is 15.0 Å². The molecule has 0 saturated carbocycles. The van der Waals surface area contributed by atoms with E-state index < -0.39 is 47.3 Å². The molecule has 1 aliphatic rings. The van der Waals surface area contributed by atoms with Crippen molar-refractivity contribution in [2.45, 2.75) is 31.2 Å². The molecular formula is C16H9ClF8N4O2S. The summed E-state index contributed by atoms with van der Waals surface area (Å²) in [4.78, 5) is 14.8. The van der Waals surface area contributed by atoms with Crippen molar-refractivity contribution in [3.8, 4) is 10.6 Å². The first-order valence-corrected chi connectivity index (χ1v) is 9.44. The van der Waals surface area contributed by atoms with Gasteiger partial charge in [0.15, 0.2) is 0 Å². The Bertz CT molecular complexity index is 1130. The van der Waals surface area contributed by atoms with E-state index in [2.05, 4.69) is 20.0 Å². The van der Waals surface area contributed by atoms with Crippen molar-refractivity contribution in [2.75, 3.05) is 7.11 Å². The Labute approximate surface area is 182 Å². The standard InChI is InChI=1S/C16H9ClF8N4O2S/c1-5-10(9(15(20,21)22)11(26-5)14(18,19)16(23,24)25)29-4-7(27-28-29)8-3-6(12(17)32-8)13(30)31-2/h3-5H,1-2H3/t5-/m1/s1. The summed E-state index contributed by atoms with van der Waals surface area (Å²) in [5.41, 5.74) is -5.97. The molecule has 6 nitrogen and oxygen atoms in total. The number of ether oxygens (including phenoxy) is 1. The van der Waals surface area contributed by atoms with Gasteiger partial charge in [0.25, 0.3) is 0 Å². The van der Waals surface area contributed by atoms with Gasteiger partial charge in [0.2, 0.25) is 0 Å². The number of alkyl halides is 8. The zero-order valence-corrected chi connectivity index (χ0v) is 17.2. The largest absolute Gasteiger partial charge is 0.465 e. The first-order valence-electron chi connectivity index (χ1n) is 8.24. The lowest BCUT2D eigenvalue weighted by molar-refractivity contribution is -0.249. The molecular weight excluding hydrogens is 500 g/mol. The summed E-state index contributed by atoms with van der Waals surface area (Å²) in [7, 11) is 1.09. The molecule has 16 heteroatoms. The molecule has 0 amide bonds. The van der Waals surface area contributed by atoms with Gasteiger partial charge in [-0.25, -0.2) is 9.48 Å². The van der Waals surface area contributed by atoms with Gasteiger partial charge in [0.05, 0.1) is 35.5 Å². The van der Waals surface area contributed by atoms with E-state index in [-0.39, 0.29) is 20.5 Å². The number of nitrogens with zero attached hydrogens (tertiary/aromatic N) is 4. The zero-order chi connectivity index (χ0) is 24.2. The van der Waals surface area contributed by atoms with Crippen LogP contribution in [0.1, 0.15) is 17.3 Å². The second-order valence-corrected chi connectivity index (χ2v) is 7.98. The van der Waals surface area contributed by atoms with Crippen LogP contribution >= 0.6 is 22.9 Å². The molecule has 0 fully saturated rings. The maximum Gasteiger partial charge on any atom is 0.459 e. The van der Waals surface area contributed by atoms with Crippen LogP contribution in [0.15, 0.2) is 22.8 Å². The van der Waals surface area contributed by atoms with Crippen molar-refractivity contribution >= 4 is 40.3 Å². The Morgan fingerprint density at radius 2 is 1.81 bits per heavy atom. The fourth-order valence-electron chi connectivity index (χ4n) is 2.85. The maximum atomic E-state index is 13.8. The number of carbonyl (C=O) groups excluding carboxylic acids is 1. The minimum Gasteiger partial charge on any atom is -0.465 e. The van der Waals surface area contributed by atoms with E-state index in [1.54, 1.807) is 0 Å². The van der Waals surface area contributed by atoms with Gasteiger partial charge in [-0.1, -0.05) is 16.8 Å². The van der Waals surface area contributed by atoms with E-state index in [1.165, 1.54) is 6.07 Å². The van der Waals surface area contributed by atoms with Crippen LogP contribution in [0.5, 0.6) is 0 Å². The summed E-state index contributed by atoms with van der Waals surface area (Å²) in [6, 6.07) is -0.536. The number of allylic oxidation sites excluding steroid dienone is 1. The van der Waals surface area contributed by atoms with Gasteiger partial charge < -0.3 is 4.74 Å². The van der Waals surface area contributed by atoms with Crippen LogP contribution in [0.3, 0.4) is 0 Å². The first-order chi connectivity index (χ1) is 14.6. The molecule has 32 heavy (non-hydrogen) atoms. The second-order valence-electron chi connectivity index (χ2n) is 6.32. The fourth-order valence-corrected chi connectivity index (χ4v) is 4.05. The number of aliphatic imine (C=N–C) groups is 1. The van der Waals surface area contributed by atoms with Crippen molar-refractivity contribution in [1.29, 1.82) is 0 Å². The normalized spacial score (nSPS) is 17.7. The molecule has 0 bridgehead atoms. The number of hydrogen-bond acceptors (Lipinski definition) is 6. The lowest BCUT2D eigenvalue weighted by atomic mass is 10.0. The third-order valence-electron chi connectivity index (χ3n) is 4.23. The highest BCUT2D eigenvalue weighted by Crippen LogP contribution is 2.47. The number of esters is 1. The summed E-state index contributed by atoms with van der Waals surface area (Å²) < 4.78 is 112. The van der Waals surface area contributed by atoms with Crippen molar-refractivity contribution in [2.24, 2.45) is 4.99 Å². The highest BCUT2D eigenvalue weighted by molar-refractivity contribution is 7.19. The number of methoxy groups -OCH3 is 1. The van der Waals surface area contributed by atoms with Crippen molar-refractivity contribution in [3.63, 3.8) is 0 Å². The lowest BCUT2D eigenvalue weighted by Crippen LogP contribution is -2.46. The lowest BCUT2D eigenvalue weighted by Gasteiger charge is -2.22. The molecule has 1 atom stereocenters. The number of hydrogen-bond donors (Lipinski definition) is 0. The average molecular weight is 509 g/mol. The molecule has 0 aliphatic carbocycles. The van der Waals surface area contributed by atoms with E-state index in [9.17, 15) is 39.9 Å². The summed E-state index contributed by atoms with van der Waals surface area (Å²) in [5, 5.41) is 7.04. The molecule has 2 aromatic heterocycles. The minimum atomic E-state index is -6.30. The third-order valence-corrected chi connectivity index (χ3v) is 5.61. The number of carbonyl (C=O) groups is 1. The summed E-state index contributed by atoms with van der Waals surface area (Å²) in [5.74, 6) is -6.66. The number of rotatable bonds is 4. The second kappa shape index (κ2) is 7.79. The van der Waals surface area contributed by atoms with Gasteiger partial charge in [-0.05, 0) is 13.0 Å². The Morgan fingerprint density at radius 1 is 1.19 bits per heavy atom. The summed E-state index contributed by atoms with van der Waals surface area (Å²) >= 11 is 6.71. The predicted octanol–water partition coefficient (Wildman–Crippen LogP) is 5.26. The number of halogens is 9. The molecule has 0 unspecified atom stereocenters. The number of aromatic nitrogens is 3. The van der Waals surface area contributed by atoms with Gasteiger partial charge in [-0.2, -0.15) is 35.1 Å². The van der Waals surface area contributed by atoms with Crippen molar-refractivity contribution in [3.05, 3.63) is 27.7 Å². The molecule has 0 aromatic carbocycles. The Morgan fingerprint density at radius 3 is 2.34 bits per heavy atom. The molecule has 3 rings (SSSR count). The summed E-state index contributed by atoms with van der Waals surface area (Å²) in [6.07, 6.45) is -11.0. The van der Waals surface area contributed by atoms with Crippen LogP contribution in [0.2, 0.25) is 4.34 Å². The molecule has 2 aromatic rings. The monoisotopic (exact) mass is 508 g/mol. The van der Waals surface area contributed by atoms with Crippen LogP contribution in [0.25, 0.3) is 16.3 Å². The van der Waals surface area contributed by atoms with Crippen LogP contribution in [0.4, 0.5) is 35.1 Å². The Hall–Kier alpha value is -2.55. The molecule has 0 radical (unpaired) electrons. The van der Waals surface area contributed by atoms with E-state index in [0.29, 0.717) is 4.68 Å². The Balaban J connectivity index is 2.12. The third kappa shape index (κ3) is 3.98. The van der Waals surface area contributed by atoms with Crippen LogP contribution in [-0.4, -0.2) is 58.1 Å². The molecule has 0 spiro atoms.